The van der Waals surface area contributed by atoms with Gasteiger partial charge in [-0.3, -0.25) is 4.90 Å². The van der Waals surface area contributed by atoms with Crippen LogP contribution in [0.5, 0.6) is 5.88 Å². The fourth-order valence-corrected chi connectivity index (χ4v) is 2.92. The van der Waals surface area contributed by atoms with Gasteiger partial charge in [-0.05, 0) is 52.8 Å². The molecule has 0 atom stereocenters. The Balaban J connectivity index is 2.17. The first kappa shape index (κ1) is 17.5. The van der Waals surface area contributed by atoms with E-state index in [2.05, 4.69) is 10.3 Å². The lowest BCUT2D eigenvalue weighted by Crippen LogP contribution is -2.55. The zero-order valence-corrected chi connectivity index (χ0v) is 14.4. The summed E-state index contributed by atoms with van der Waals surface area (Å²) in [7, 11) is 0. The fourth-order valence-electron chi connectivity index (χ4n) is 2.73. The molecule has 1 aromatic heterocycles. The molecule has 7 heteroatoms. The topological polar surface area (TPSA) is 78.2 Å². The molecule has 0 bridgehead atoms. The van der Waals surface area contributed by atoms with Crippen molar-refractivity contribution in [3.8, 4) is 11.9 Å². The van der Waals surface area contributed by atoms with Crippen molar-refractivity contribution in [3.05, 3.63) is 22.8 Å². The van der Waals surface area contributed by atoms with E-state index >= 15 is 0 Å². The molecule has 2 heterocycles. The number of piperidine rings is 1. The molecule has 23 heavy (non-hydrogen) atoms. The number of nitrogens with zero attached hydrogens (tertiary/aromatic N) is 3. The molecule has 1 aromatic rings. The van der Waals surface area contributed by atoms with Crippen molar-refractivity contribution < 1.29 is 9.53 Å². The van der Waals surface area contributed by atoms with Gasteiger partial charge in [-0.2, -0.15) is 10.2 Å². The average molecular weight is 337 g/mol. The summed E-state index contributed by atoms with van der Waals surface area (Å²) in [6, 6.07) is 5.01. The van der Waals surface area contributed by atoms with Gasteiger partial charge in [-0.1, -0.05) is 11.6 Å². The van der Waals surface area contributed by atoms with E-state index in [0.29, 0.717) is 0 Å². The van der Waals surface area contributed by atoms with Crippen LogP contribution < -0.4 is 10.1 Å². The van der Waals surface area contributed by atoms with E-state index in [9.17, 15) is 4.79 Å². The van der Waals surface area contributed by atoms with Crippen molar-refractivity contribution in [2.45, 2.75) is 45.2 Å². The lowest BCUT2D eigenvalue weighted by atomic mass is 9.98. The number of carbonyl (C=O) groups is 1. The zero-order valence-electron chi connectivity index (χ0n) is 13.6. The molecule has 0 radical (unpaired) electrons. The Morgan fingerprint density at radius 2 is 2.09 bits per heavy atom. The Morgan fingerprint density at radius 3 is 2.61 bits per heavy atom. The molecule has 1 amide bonds. The Morgan fingerprint density at radius 1 is 1.43 bits per heavy atom. The standard InChI is InChI=1S/C16H21ClN4O2/c1-16(2,3)21(12-6-8-19-9-7-12)15(22)23-13-5-4-11(10-18)14(17)20-13/h4-5,12,19H,6-9H2,1-3H3. The Bertz CT molecular complexity index is 615. The van der Waals surface area contributed by atoms with Crippen molar-refractivity contribution >= 4 is 17.7 Å². The third-order valence-corrected chi connectivity index (χ3v) is 4.02. The molecule has 1 saturated heterocycles. The van der Waals surface area contributed by atoms with Gasteiger partial charge in [-0.25, -0.2) is 4.79 Å². The highest BCUT2D eigenvalue weighted by Crippen LogP contribution is 2.25. The molecule has 0 saturated carbocycles. The summed E-state index contributed by atoms with van der Waals surface area (Å²) in [4.78, 5) is 18.4. The van der Waals surface area contributed by atoms with E-state index in [4.69, 9.17) is 21.6 Å². The van der Waals surface area contributed by atoms with Crippen LogP contribution in [0.2, 0.25) is 5.15 Å². The minimum absolute atomic E-state index is 0.0296. The minimum atomic E-state index is -0.447. The molecule has 1 N–H and O–H groups in total. The van der Waals surface area contributed by atoms with Crippen molar-refractivity contribution in [1.82, 2.24) is 15.2 Å². The molecule has 0 unspecified atom stereocenters. The van der Waals surface area contributed by atoms with Crippen LogP contribution in [0.3, 0.4) is 0 Å². The van der Waals surface area contributed by atoms with E-state index in [1.54, 1.807) is 4.90 Å². The second-order valence-corrected chi connectivity index (χ2v) is 6.85. The van der Waals surface area contributed by atoms with Gasteiger partial charge in [0.15, 0.2) is 5.15 Å². The maximum Gasteiger partial charge on any atom is 0.417 e. The van der Waals surface area contributed by atoms with Gasteiger partial charge in [0.2, 0.25) is 5.88 Å². The third kappa shape index (κ3) is 4.34. The molecule has 1 aliphatic heterocycles. The summed E-state index contributed by atoms with van der Waals surface area (Å²) < 4.78 is 5.40. The zero-order chi connectivity index (χ0) is 17.0. The molecular formula is C16H21ClN4O2. The third-order valence-electron chi connectivity index (χ3n) is 3.73. The number of amides is 1. The molecule has 0 spiro atoms. The number of nitriles is 1. The number of carbonyl (C=O) groups excluding carboxylic acids is 1. The summed E-state index contributed by atoms with van der Waals surface area (Å²) in [6.07, 6.45) is 1.32. The number of aromatic nitrogens is 1. The van der Waals surface area contributed by atoms with E-state index in [0.717, 1.165) is 25.9 Å². The van der Waals surface area contributed by atoms with Gasteiger partial charge in [0, 0.05) is 17.6 Å². The number of ether oxygens (including phenoxy) is 1. The second-order valence-electron chi connectivity index (χ2n) is 6.49. The first-order valence-electron chi connectivity index (χ1n) is 7.61. The van der Waals surface area contributed by atoms with Crippen LogP contribution >= 0.6 is 11.6 Å². The molecule has 1 fully saturated rings. The Hall–Kier alpha value is -1.84. The quantitative estimate of drug-likeness (QED) is 0.840. The first-order chi connectivity index (χ1) is 10.8. The normalized spacial score (nSPS) is 15.8. The number of rotatable bonds is 2. The average Bonchev–Trinajstić information content (AvgIpc) is 2.47. The number of pyridine rings is 1. The van der Waals surface area contributed by atoms with Crippen LogP contribution in [0, 0.1) is 11.3 Å². The molecule has 2 rings (SSSR count). The highest BCUT2D eigenvalue weighted by Gasteiger charge is 2.35. The molecule has 6 nitrogen and oxygen atoms in total. The lowest BCUT2D eigenvalue weighted by molar-refractivity contribution is 0.0635. The molecule has 0 aromatic carbocycles. The van der Waals surface area contributed by atoms with Gasteiger partial charge in [0.25, 0.3) is 0 Å². The van der Waals surface area contributed by atoms with E-state index in [1.165, 1.54) is 12.1 Å². The van der Waals surface area contributed by atoms with Crippen molar-refractivity contribution in [1.29, 1.82) is 5.26 Å². The highest BCUT2D eigenvalue weighted by molar-refractivity contribution is 6.30. The smallest absolute Gasteiger partial charge is 0.391 e. The lowest BCUT2D eigenvalue weighted by Gasteiger charge is -2.42. The van der Waals surface area contributed by atoms with Crippen LogP contribution in [0.15, 0.2) is 12.1 Å². The van der Waals surface area contributed by atoms with Gasteiger partial charge in [0.05, 0.1) is 5.56 Å². The van der Waals surface area contributed by atoms with Gasteiger partial charge in [0.1, 0.15) is 6.07 Å². The summed E-state index contributed by atoms with van der Waals surface area (Å²) in [5.41, 5.74) is -0.118. The summed E-state index contributed by atoms with van der Waals surface area (Å²) >= 11 is 5.88. The second kappa shape index (κ2) is 7.16. The number of hydrogen-bond acceptors (Lipinski definition) is 5. The van der Waals surface area contributed by atoms with Crippen LogP contribution in [-0.4, -0.2) is 40.6 Å². The maximum absolute atomic E-state index is 12.7. The highest BCUT2D eigenvalue weighted by atomic mass is 35.5. The summed E-state index contributed by atoms with van der Waals surface area (Å²) in [5, 5.41) is 12.2. The van der Waals surface area contributed by atoms with Crippen LogP contribution in [0.4, 0.5) is 4.79 Å². The Kier molecular flexibility index (Phi) is 5.45. The molecule has 124 valence electrons. The maximum atomic E-state index is 12.7. The fraction of sp³-hybridized carbons (Fsp3) is 0.562. The van der Waals surface area contributed by atoms with Crippen LogP contribution in [0.25, 0.3) is 0 Å². The predicted molar refractivity (Wildman–Crippen MR) is 87.5 cm³/mol. The summed E-state index contributed by atoms with van der Waals surface area (Å²) in [5.74, 6) is 0.0992. The van der Waals surface area contributed by atoms with Gasteiger partial charge < -0.3 is 10.1 Å². The predicted octanol–water partition coefficient (Wildman–Crippen LogP) is 2.96. The van der Waals surface area contributed by atoms with Gasteiger partial charge >= 0.3 is 6.09 Å². The van der Waals surface area contributed by atoms with E-state index in [-0.39, 0.29) is 28.2 Å². The largest absolute Gasteiger partial charge is 0.417 e. The molecule has 1 aliphatic rings. The Labute approximate surface area is 141 Å². The van der Waals surface area contributed by atoms with E-state index < -0.39 is 6.09 Å². The SMILES string of the molecule is CC(C)(C)N(C(=O)Oc1ccc(C#N)c(Cl)n1)C1CCNCC1. The minimum Gasteiger partial charge on any atom is -0.391 e. The van der Waals surface area contributed by atoms with Crippen LogP contribution in [0.1, 0.15) is 39.2 Å². The van der Waals surface area contributed by atoms with Gasteiger partial charge in [-0.15, -0.1) is 0 Å². The summed E-state index contributed by atoms with van der Waals surface area (Å²) in [6.45, 7) is 7.71. The van der Waals surface area contributed by atoms with Crippen molar-refractivity contribution in [2.24, 2.45) is 0 Å². The van der Waals surface area contributed by atoms with Crippen molar-refractivity contribution in [2.75, 3.05) is 13.1 Å². The molecule has 0 aliphatic carbocycles. The van der Waals surface area contributed by atoms with E-state index in [1.807, 2.05) is 26.8 Å². The number of halogens is 1. The monoisotopic (exact) mass is 336 g/mol. The number of hydrogen-bond donors (Lipinski definition) is 1. The first-order valence-corrected chi connectivity index (χ1v) is 7.99. The van der Waals surface area contributed by atoms with Crippen molar-refractivity contribution in [3.63, 3.8) is 0 Å². The molecular weight excluding hydrogens is 316 g/mol. The number of nitrogens with one attached hydrogen (secondary N) is 1. The van der Waals surface area contributed by atoms with Crippen LogP contribution in [-0.2, 0) is 0 Å².